The summed E-state index contributed by atoms with van der Waals surface area (Å²) in [5.74, 6) is 0. The van der Waals surface area contributed by atoms with Crippen LogP contribution in [0, 0.1) is 11.3 Å². The highest BCUT2D eigenvalue weighted by molar-refractivity contribution is 5.49. The molecule has 1 N–H and O–H groups in total. The van der Waals surface area contributed by atoms with Crippen LogP contribution in [0.3, 0.4) is 0 Å². The van der Waals surface area contributed by atoms with E-state index in [0.29, 0.717) is 17.5 Å². The van der Waals surface area contributed by atoms with Gasteiger partial charge in [-0.25, -0.2) is 4.98 Å². The Kier molecular flexibility index (Phi) is 2.88. The Morgan fingerprint density at radius 3 is 3.18 bits per heavy atom. The number of aromatic amines is 1. The maximum atomic E-state index is 11.9. The van der Waals surface area contributed by atoms with Crippen LogP contribution in [0.15, 0.2) is 29.3 Å². The molecule has 22 heavy (non-hydrogen) atoms. The summed E-state index contributed by atoms with van der Waals surface area (Å²) >= 11 is 0. The molecule has 2 aliphatic rings. The number of hydrogen-bond donors (Lipinski definition) is 1. The highest BCUT2D eigenvalue weighted by atomic mass is 16.5. The van der Waals surface area contributed by atoms with Crippen LogP contribution in [0.2, 0.25) is 0 Å². The highest BCUT2D eigenvalue weighted by Crippen LogP contribution is 2.45. The minimum absolute atomic E-state index is 0.135. The van der Waals surface area contributed by atoms with Crippen LogP contribution in [-0.4, -0.2) is 9.97 Å². The SMILES string of the molecule is N#Cc1cccc2c1C1(CCC2)Cc2nc[nH]c(=O)c2CO1. The fourth-order valence-corrected chi connectivity index (χ4v) is 3.75. The molecule has 0 saturated heterocycles. The van der Waals surface area contributed by atoms with Gasteiger partial charge in [0.1, 0.15) is 5.60 Å². The van der Waals surface area contributed by atoms with Gasteiger partial charge in [-0.2, -0.15) is 5.26 Å². The first-order valence-corrected chi connectivity index (χ1v) is 7.45. The standard InChI is InChI=1S/C17H15N3O2/c18-8-12-4-1-3-11-5-2-6-17(15(11)12)7-14-13(9-22-17)16(21)20-10-19-14/h1,3-4,10H,2,5-7,9H2,(H,19,20,21). The van der Waals surface area contributed by atoms with E-state index in [9.17, 15) is 10.1 Å². The number of fused-ring (bicyclic) bond motifs is 3. The van der Waals surface area contributed by atoms with Crippen molar-refractivity contribution in [2.24, 2.45) is 0 Å². The van der Waals surface area contributed by atoms with Crippen LogP contribution < -0.4 is 5.56 Å². The lowest BCUT2D eigenvalue weighted by atomic mass is 9.73. The average Bonchev–Trinajstić information content (AvgIpc) is 2.55. The fourth-order valence-electron chi connectivity index (χ4n) is 3.75. The average molecular weight is 293 g/mol. The number of nitriles is 1. The molecule has 5 heteroatoms. The zero-order valence-electron chi connectivity index (χ0n) is 12.1. The monoisotopic (exact) mass is 293 g/mol. The van der Waals surface area contributed by atoms with Crippen LogP contribution in [0.1, 0.15) is 40.8 Å². The van der Waals surface area contributed by atoms with E-state index in [-0.39, 0.29) is 12.2 Å². The second-order valence-corrected chi connectivity index (χ2v) is 5.92. The van der Waals surface area contributed by atoms with Crippen LogP contribution in [0.4, 0.5) is 0 Å². The van der Waals surface area contributed by atoms with Crippen LogP contribution in [0.5, 0.6) is 0 Å². The summed E-state index contributed by atoms with van der Waals surface area (Å²) in [6, 6.07) is 8.13. The Bertz CT molecular complexity index is 850. The molecule has 5 nitrogen and oxygen atoms in total. The molecule has 110 valence electrons. The number of aromatic nitrogens is 2. The van der Waals surface area contributed by atoms with E-state index in [1.807, 2.05) is 12.1 Å². The Morgan fingerprint density at radius 1 is 1.41 bits per heavy atom. The molecule has 0 saturated carbocycles. The summed E-state index contributed by atoms with van der Waals surface area (Å²) in [7, 11) is 0. The van der Waals surface area contributed by atoms with Crippen molar-refractivity contribution >= 4 is 0 Å². The molecule has 2 heterocycles. The third-order valence-corrected chi connectivity index (χ3v) is 4.74. The van der Waals surface area contributed by atoms with E-state index in [0.717, 1.165) is 30.5 Å². The summed E-state index contributed by atoms with van der Waals surface area (Å²) in [5.41, 5.74) is 3.59. The van der Waals surface area contributed by atoms with Crippen molar-refractivity contribution in [1.29, 1.82) is 5.26 Å². The first kappa shape index (κ1) is 13.2. The topological polar surface area (TPSA) is 78.8 Å². The molecule has 0 fully saturated rings. The normalized spacial score (nSPS) is 22.7. The molecule has 0 bridgehead atoms. The molecular weight excluding hydrogens is 278 g/mol. The van der Waals surface area contributed by atoms with Crippen molar-refractivity contribution in [1.82, 2.24) is 9.97 Å². The number of nitrogens with one attached hydrogen (secondary N) is 1. The molecule has 0 radical (unpaired) electrons. The summed E-state index contributed by atoms with van der Waals surface area (Å²) in [6.45, 7) is 0.248. The summed E-state index contributed by atoms with van der Waals surface area (Å²) in [4.78, 5) is 18.8. The van der Waals surface area contributed by atoms with Gasteiger partial charge in [0, 0.05) is 12.0 Å². The van der Waals surface area contributed by atoms with Gasteiger partial charge < -0.3 is 9.72 Å². The number of rotatable bonds is 0. The minimum atomic E-state index is -0.520. The van der Waals surface area contributed by atoms with Gasteiger partial charge in [-0.15, -0.1) is 0 Å². The summed E-state index contributed by atoms with van der Waals surface area (Å²) < 4.78 is 6.17. The highest BCUT2D eigenvalue weighted by Gasteiger charge is 2.43. The molecular formula is C17H15N3O2. The molecule has 2 aromatic rings. The first-order valence-electron chi connectivity index (χ1n) is 7.45. The van der Waals surface area contributed by atoms with Crippen molar-refractivity contribution in [3.8, 4) is 6.07 Å². The second kappa shape index (κ2) is 4.79. The smallest absolute Gasteiger partial charge is 0.256 e. The molecule has 1 aromatic heterocycles. The molecule has 1 unspecified atom stereocenters. The number of hydrogen-bond acceptors (Lipinski definition) is 4. The number of nitrogens with zero attached hydrogens (tertiary/aromatic N) is 2. The van der Waals surface area contributed by atoms with Gasteiger partial charge in [0.05, 0.1) is 35.8 Å². The van der Waals surface area contributed by atoms with Gasteiger partial charge in [-0.3, -0.25) is 4.79 Å². The lowest BCUT2D eigenvalue weighted by Gasteiger charge is -2.42. The fraction of sp³-hybridized carbons (Fsp3) is 0.353. The number of ether oxygens (including phenoxy) is 1. The van der Waals surface area contributed by atoms with E-state index in [4.69, 9.17) is 4.74 Å². The van der Waals surface area contributed by atoms with Gasteiger partial charge in [-0.05, 0) is 30.9 Å². The van der Waals surface area contributed by atoms with E-state index < -0.39 is 5.60 Å². The van der Waals surface area contributed by atoms with E-state index in [1.54, 1.807) is 0 Å². The predicted molar refractivity (Wildman–Crippen MR) is 79.1 cm³/mol. The van der Waals surface area contributed by atoms with Crippen molar-refractivity contribution in [2.45, 2.75) is 37.9 Å². The molecule has 4 rings (SSSR count). The van der Waals surface area contributed by atoms with Crippen LogP contribution in [0.25, 0.3) is 0 Å². The van der Waals surface area contributed by atoms with Crippen molar-refractivity contribution in [3.05, 3.63) is 62.8 Å². The lowest BCUT2D eigenvalue weighted by Crippen LogP contribution is -2.42. The molecule has 0 amide bonds. The number of aryl methyl sites for hydroxylation is 1. The number of benzene rings is 1. The maximum absolute atomic E-state index is 11.9. The van der Waals surface area contributed by atoms with Crippen LogP contribution >= 0.6 is 0 Å². The second-order valence-electron chi connectivity index (χ2n) is 5.92. The Balaban J connectivity index is 1.89. The molecule has 1 atom stereocenters. The zero-order chi connectivity index (χ0) is 15.2. The van der Waals surface area contributed by atoms with Crippen molar-refractivity contribution in [3.63, 3.8) is 0 Å². The predicted octanol–water partition coefficient (Wildman–Crippen LogP) is 1.95. The van der Waals surface area contributed by atoms with Gasteiger partial charge in [-0.1, -0.05) is 12.1 Å². The Labute approximate surface area is 127 Å². The van der Waals surface area contributed by atoms with E-state index in [1.165, 1.54) is 11.9 Å². The zero-order valence-corrected chi connectivity index (χ0v) is 12.1. The molecule has 1 aliphatic heterocycles. The van der Waals surface area contributed by atoms with Crippen LogP contribution in [-0.2, 0) is 29.8 Å². The lowest BCUT2D eigenvalue weighted by molar-refractivity contribution is -0.0862. The molecule has 1 aliphatic carbocycles. The Hall–Kier alpha value is -2.45. The van der Waals surface area contributed by atoms with E-state index in [2.05, 4.69) is 22.1 Å². The quantitative estimate of drug-likeness (QED) is 0.805. The van der Waals surface area contributed by atoms with Gasteiger partial charge in [0.25, 0.3) is 5.56 Å². The van der Waals surface area contributed by atoms with Crippen molar-refractivity contribution < 1.29 is 4.74 Å². The summed E-state index contributed by atoms with van der Waals surface area (Å²) in [6.07, 6.45) is 4.83. The number of H-pyrrole nitrogens is 1. The van der Waals surface area contributed by atoms with E-state index >= 15 is 0 Å². The Morgan fingerprint density at radius 2 is 2.32 bits per heavy atom. The van der Waals surface area contributed by atoms with Gasteiger partial charge in [0.15, 0.2) is 0 Å². The van der Waals surface area contributed by atoms with Gasteiger partial charge in [0.2, 0.25) is 0 Å². The maximum Gasteiger partial charge on any atom is 0.256 e. The summed E-state index contributed by atoms with van der Waals surface area (Å²) in [5, 5.41) is 9.47. The minimum Gasteiger partial charge on any atom is -0.365 e. The first-order chi connectivity index (χ1) is 10.7. The third-order valence-electron chi connectivity index (χ3n) is 4.74. The third kappa shape index (κ3) is 1.81. The molecule has 1 aromatic carbocycles. The molecule has 1 spiro atoms. The van der Waals surface area contributed by atoms with Crippen molar-refractivity contribution in [2.75, 3.05) is 0 Å². The van der Waals surface area contributed by atoms with Gasteiger partial charge >= 0.3 is 0 Å². The largest absolute Gasteiger partial charge is 0.365 e.